The van der Waals surface area contributed by atoms with Crippen LogP contribution in [0.5, 0.6) is 5.75 Å². The van der Waals surface area contributed by atoms with E-state index in [0.29, 0.717) is 17.8 Å². The highest BCUT2D eigenvalue weighted by molar-refractivity contribution is 6.33. The lowest BCUT2D eigenvalue weighted by Gasteiger charge is -2.22. The zero-order valence-corrected chi connectivity index (χ0v) is 18.8. The fourth-order valence-corrected chi connectivity index (χ4v) is 3.31. The van der Waals surface area contributed by atoms with Gasteiger partial charge in [0.25, 0.3) is 5.91 Å². The molecule has 0 saturated carbocycles. The fourth-order valence-electron chi connectivity index (χ4n) is 3.14. The Bertz CT molecular complexity index is 1240. The standard InChI is InChI=1S/C25H21ClF3N3O2/c1-2-32(21-9-5-6-10-22(21)33)24(34)17-13-11-16(12-14-17)20(15-23(30)25(27,28)29)31-19-8-4-3-7-18(19)26/h3-15,33H,2,30H2,1H3. The molecule has 0 aliphatic carbocycles. The molecule has 0 unspecified atom stereocenters. The molecule has 3 aromatic rings. The maximum absolute atomic E-state index is 13.1. The highest BCUT2D eigenvalue weighted by Crippen LogP contribution is 2.29. The molecular weight excluding hydrogens is 467 g/mol. The largest absolute Gasteiger partial charge is 0.506 e. The van der Waals surface area contributed by atoms with Crippen LogP contribution in [0.15, 0.2) is 89.6 Å². The highest BCUT2D eigenvalue weighted by Gasteiger charge is 2.32. The molecule has 9 heteroatoms. The number of aromatic hydroxyl groups is 1. The number of phenolic OH excluding ortho intramolecular Hbond substituents is 1. The van der Waals surface area contributed by atoms with E-state index in [1.54, 1.807) is 49.4 Å². The summed E-state index contributed by atoms with van der Waals surface area (Å²) in [5, 5.41) is 10.4. The average molecular weight is 488 g/mol. The number of hydrogen-bond donors (Lipinski definition) is 2. The van der Waals surface area contributed by atoms with E-state index in [0.717, 1.165) is 6.08 Å². The number of halogens is 4. The lowest BCUT2D eigenvalue weighted by atomic mass is 10.0. The van der Waals surface area contributed by atoms with Crippen molar-refractivity contribution in [2.45, 2.75) is 13.1 Å². The summed E-state index contributed by atoms with van der Waals surface area (Å²) >= 11 is 6.12. The molecule has 0 atom stereocenters. The predicted octanol–water partition coefficient (Wildman–Crippen LogP) is 6.24. The van der Waals surface area contributed by atoms with Crippen molar-refractivity contribution in [3.8, 4) is 5.75 Å². The number of alkyl halides is 3. The molecule has 34 heavy (non-hydrogen) atoms. The Morgan fingerprint density at radius 3 is 2.21 bits per heavy atom. The van der Waals surface area contributed by atoms with Crippen LogP contribution in [-0.2, 0) is 0 Å². The minimum absolute atomic E-state index is 0.0451. The van der Waals surface area contributed by atoms with Gasteiger partial charge in [0.05, 0.1) is 22.1 Å². The van der Waals surface area contributed by atoms with Gasteiger partial charge in [-0.25, -0.2) is 4.99 Å². The molecule has 0 aliphatic heterocycles. The average Bonchev–Trinajstić information content (AvgIpc) is 2.81. The second kappa shape index (κ2) is 10.4. The van der Waals surface area contributed by atoms with Gasteiger partial charge >= 0.3 is 6.18 Å². The normalized spacial score (nSPS) is 12.5. The minimum atomic E-state index is -4.74. The van der Waals surface area contributed by atoms with E-state index in [2.05, 4.69) is 4.99 Å². The van der Waals surface area contributed by atoms with Crippen molar-refractivity contribution in [1.82, 2.24) is 0 Å². The Balaban J connectivity index is 2.00. The molecule has 0 heterocycles. The quantitative estimate of drug-likeness (QED) is 0.404. The number of carbonyl (C=O) groups is 1. The number of allylic oxidation sites excluding steroid dienone is 2. The molecule has 5 nitrogen and oxygen atoms in total. The Labute approximate surface area is 199 Å². The summed E-state index contributed by atoms with van der Waals surface area (Å²) in [6, 6.07) is 18.8. The van der Waals surface area contributed by atoms with Crippen molar-refractivity contribution in [1.29, 1.82) is 0 Å². The molecule has 0 spiro atoms. The van der Waals surface area contributed by atoms with Crippen molar-refractivity contribution in [2.75, 3.05) is 11.4 Å². The van der Waals surface area contributed by atoms with Crippen LogP contribution < -0.4 is 10.6 Å². The smallest absolute Gasteiger partial charge is 0.430 e. The van der Waals surface area contributed by atoms with E-state index in [1.807, 2.05) is 0 Å². The molecular formula is C25H21ClF3N3O2. The molecule has 0 saturated heterocycles. The summed E-state index contributed by atoms with van der Waals surface area (Å²) in [6.07, 6.45) is -4.02. The molecule has 0 radical (unpaired) electrons. The van der Waals surface area contributed by atoms with Crippen LogP contribution in [0.25, 0.3) is 0 Å². The monoisotopic (exact) mass is 487 g/mol. The third-order valence-electron chi connectivity index (χ3n) is 4.87. The summed E-state index contributed by atoms with van der Waals surface area (Å²) in [5.74, 6) is -0.429. The zero-order chi connectivity index (χ0) is 24.9. The van der Waals surface area contributed by atoms with E-state index in [4.69, 9.17) is 17.3 Å². The number of nitrogens with zero attached hydrogens (tertiary/aromatic N) is 2. The maximum atomic E-state index is 13.1. The first-order valence-electron chi connectivity index (χ1n) is 10.2. The molecule has 0 fully saturated rings. The highest BCUT2D eigenvalue weighted by atomic mass is 35.5. The van der Waals surface area contributed by atoms with Crippen molar-refractivity contribution in [3.05, 3.63) is 101 Å². The van der Waals surface area contributed by atoms with Crippen LogP contribution in [0, 0.1) is 0 Å². The summed E-state index contributed by atoms with van der Waals surface area (Å²) < 4.78 is 39.3. The van der Waals surface area contributed by atoms with Crippen molar-refractivity contribution in [3.63, 3.8) is 0 Å². The van der Waals surface area contributed by atoms with Crippen LogP contribution in [0.2, 0.25) is 5.02 Å². The molecule has 176 valence electrons. The lowest BCUT2D eigenvalue weighted by Crippen LogP contribution is -2.30. The number of phenols is 1. The number of hydrogen-bond acceptors (Lipinski definition) is 4. The van der Waals surface area contributed by atoms with Gasteiger partial charge in [0, 0.05) is 17.7 Å². The van der Waals surface area contributed by atoms with Crippen LogP contribution in [0.3, 0.4) is 0 Å². The van der Waals surface area contributed by atoms with Crippen LogP contribution >= 0.6 is 11.6 Å². The van der Waals surface area contributed by atoms with E-state index >= 15 is 0 Å². The van der Waals surface area contributed by atoms with Crippen LogP contribution in [0.4, 0.5) is 24.5 Å². The van der Waals surface area contributed by atoms with Crippen molar-refractivity contribution in [2.24, 2.45) is 10.7 Å². The van der Waals surface area contributed by atoms with Gasteiger partial charge in [-0.15, -0.1) is 0 Å². The third kappa shape index (κ3) is 5.77. The zero-order valence-electron chi connectivity index (χ0n) is 18.1. The first-order chi connectivity index (χ1) is 16.1. The second-order valence-corrected chi connectivity index (χ2v) is 7.57. The van der Waals surface area contributed by atoms with Crippen molar-refractivity contribution >= 4 is 34.6 Å². The van der Waals surface area contributed by atoms with Crippen molar-refractivity contribution < 1.29 is 23.1 Å². The summed E-state index contributed by atoms with van der Waals surface area (Å²) in [6.45, 7) is 2.06. The van der Waals surface area contributed by atoms with E-state index in [-0.39, 0.29) is 33.6 Å². The van der Waals surface area contributed by atoms with Gasteiger partial charge in [-0.2, -0.15) is 13.2 Å². The fraction of sp³-hybridized carbons (Fsp3) is 0.120. The molecule has 1 amide bonds. The predicted molar refractivity (Wildman–Crippen MR) is 128 cm³/mol. The van der Waals surface area contributed by atoms with Crippen LogP contribution in [-0.4, -0.2) is 29.4 Å². The number of benzene rings is 3. The SMILES string of the molecule is CCN(C(=O)c1ccc(C(C=C(N)C(F)(F)F)=Nc2ccccc2Cl)cc1)c1ccccc1O. The Hall–Kier alpha value is -3.78. The van der Waals surface area contributed by atoms with Crippen LogP contribution in [0.1, 0.15) is 22.8 Å². The number of rotatable bonds is 6. The van der Waals surface area contributed by atoms with E-state index in [1.165, 1.54) is 35.2 Å². The summed E-state index contributed by atoms with van der Waals surface area (Å²) in [7, 11) is 0. The number of amides is 1. The first-order valence-corrected chi connectivity index (χ1v) is 10.6. The van der Waals surface area contributed by atoms with Gasteiger partial charge < -0.3 is 15.7 Å². The molecule has 3 aromatic carbocycles. The van der Waals surface area contributed by atoms with E-state index < -0.39 is 11.9 Å². The summed E-state index contributed by atoms with van der Waals surface area (Å²) in [5.41, 5.74) is 5.03. The minimum Gasteiger partial charge on any atom is -0.506 e. The van der Waals surface area contributed by atoms with Gasteiger partial charge in [-0.05, 0) is 49.4 Å². The van der Waals surface area contributed by atoms with Gasteiger partial charge in [0.2, 0.25) is 0 Å². The van der Waals surface area contributed by atoms with Gasteiger partial charge in [-0.1, -0.05) is 48.0 Å². The number of aliphatic imine (C=N–C) groups is 1. The lowest BCUT2D eigenvalue weighted by molar-refractivity contribution is -0.0925. The molecule has 3 N–H and O–H groups in total. The number of nitrogens with two attached hydrogens (primary N) is 1. The van der Waals surface area contributed by atoms with E-state index in [9.17, 15) is 23.1 Å². The Morgan fingerprint density at radius 1 is 1.03 bits per heavy atom. The third-order valence-corrected chi connectivity index (χ3v) is 5.19. The Kier molecular flexibility index (Phi) is 7.63. The Morgan fingerprint density at radius 2 is 1.62 bits per heavy atom. The maximum Gasteiger partial charge on any atom is 0.430 e. The first kappa shape index (κ1) is 24.9. The van der Waals surface area contributed by atoms with Gasteiger partial charge in [-0.3, -0.25) is 4.79 Å². The second-order valence-electron chi connectivity index (χ2n) is 7.16. The summed E-state index contributed by atoms with van der Waals surface area (Å²) in [4.78, 5) is 18.7. The number of para-hydroxylation sites is 3. The number of anilines is 1. The van der Waals surface area contributed by atoms with Gasteiger partial charge in [0.1, 0.15) is 11.4 Å². The molecule has 0 aromatic heterocycles. The molecule has 0 aliphatic rings. The van der Waals surface area contributed by atoms with Gasteiger partial charge in [0.15, 0.2) is 0 Å². The molecule has 0 bridgehead atoms. The topological polar surface area (TPSA) is 78.9 Å². The molecule has 3 rings (SSSR count). The number of carbonyl (C=O) groups excluding carboxylic acids is 1.